The first-order chi connectivity index (χ1) is 14.8. The van der Waals surface area contributed by atoms with Crippen molar-refractivity contribution in [3.63, 3.8) is 0 Å². The zero-order chi connectivity index (χ0) is 22.2. The smallest absolute Gasteiger partial charge is 0.303 e. The number of aliphatic hydroxyl groups excluding tert-OH is 3. The molecule has 1 heterocycles. The third kappa shape index (κ3) is 4.86. The van der Waals surface area contributed by atoms with Gasteiger partial charge < -0.3 is 24.8 Å². The number of rotatable bonds is 7. The molecule has 0 spiro atoms. The fourth-order valence-electron chi connectivity index (χ4n) is 3.70. The fraction of sp³-hybridized carbons (Fsp3) is 0.478. The van der Waals surface area contributed by atoms with Gasteiger partial charge in [-0.1, -0.05) is 35.9 Å². The summed E-state index contributed by atoms with van der Waals surface area (Å²) in [5.74, 6) is -2.29. The Hall–Kier alpha value is -1.77. The molecule has 5 nitrogen and oxygen atoms in total. The highest BCUT2D eigenvalue weighted by molar-refractivity contribution is 6.31. The maximum Gasteiger partial charge on any atom is 0.303 e. The van der Waals surface area contributed by atoms with Crippen molar-refractivity contribution in [1.29, 1.82) is 0 Å². The first-order valence-electron chi connectivity index (χ1n) is 10.3. The Bertz CT molecular complexity index is 899. The summed E-state index contributed by atoms with van der Waals surface area (Å²) in [4.78, 5) is 0. The van der Waals surface area contributed by atoms with Crippen LogP contribution in [0.5, 0.6) is 5.75 Å². The van der Waals surface area contributed by atoms with Crippen LogP contribution >= 0.6 is 11.6 Å². The van der Waals surface area contributed by atoms with Crippen molar-refractivity contribution in [2.24, 2.45) is 5.92 Å². The summed E-state index contributed by atoms with van der Waals surface area (Å²) in [5, 5.41) is 29.8. The Balaban J connectivity index is 1.50. The summed E-state index contributed by atoms with van der Waals surface area (Å²) in [7, 11) is 0. The fourth-order valence-corrected chi connectivity index (χ4v) is 3.89. The molecule has 1 saturated carbocycles. The average Bonchev–Trinajstić information content (AvgIpc) is 3.58. The molecule has 2 fully saturated rings. The number of aliphatic hydroxyl groups is 3. The SMILES string of the molecule is OCC1OC(c2ccc(Cl)c(Cc3ccc(OCC4CC4)cc3)c2)C(O)C(O)C1(F)F. The normalized spacial score (nSPS) is 27.8. The van der Waals surface area contributed by atoms with Crippen molar-refractivity contribution < 1.29 is 33.6 Å². The first kappa shape index (κ1) is 22.4. The van der Waals surface area contributed by atoms with Crippen LogP contribution in [0.3, 0.4) is 0 Å². The molecule has 1 aliphatic carbocycles. The third-order valence-corrected chi connectivity index (χ3v) is 6.20. The van der Waals surface area contributed by atoms with E-state index in [9.17, 15) is 24.1 Å². The van der Waals surface area contributed by atoms with Gasteiger partial charge in [0.1, 0.15) is 30.2 Å². The molecule has 4 unspecified atom stereocenters. The molecule has 1 saturated heterocycles. The van der Waals surface area contributed by atoms with Gasteiger partial charge in [0.05, 0.1) is 13.2 Å². The lowest BCUT2D eigenvalue weighted by molar-refractivity contribution is -0.296. The van der Waals surface area contributed by atoms with Crippen LogP contribution in [-0.2, 0) is 11.2 Å². The molecule has 2 aromatic rings. The van der Waals surface area contributed by atoms with Gasteiger partial charge in [0, 0.05) is 5.02 Å². The zero-order valence-corrected chi connectivity index (χ0v) is 17.5. The summed E-state index contributed by atoms with van der Waals surface area (Å²) in [6.07, 6.45) is -4.43. The van der Waals surface area contributed by atoms with E-state index in [1.54, 1.807) is 18.2 Å². The van der Waals surface area contributed by atoms with Gasteiger partial charge >= 0.3 is 5.92 Å². The second-order valence-corrected chi connectivity index (χ2v) is 8.67. The maximum absolute atomic E-state index is 14.0. The highest BCUT2D eigenvalue weighted by atomic mass is 35.5. The predicted octanol–water partition coefficient (Wildman–Crippen LogP) is 3.51. The summed E-state index contributed by atoms with van der Waals surface area (Å²) in [5.41, 5.74) is 2.08. The minimum atomic E-state index is -3.76. The van der Waals surface area contributed by atoms with E-state index < -0.39 is 36.9 Å². The van der Waals surface area contributed by atoms with Crippen LogP contribution < -0.4 is 4.74 Å². The van der Waals surface area contributed by atoms with Gasteiger partial charge in [0.25, 0.3) is 0 Å². The molecule has 31 heavy (non-hydrogen) atoms. The molecule has 0 aromatic heterocycles. The summed E-state index contributed by atoms with van der Waals surface area (Å²) in [6, 6.07) is 12.5. The topological polar surface area (TPSA) is 79.2 Å². The van der Waals surface area contributed by atoms with Crippen molar-refractivity contribution >= 4 is 11.6 Å². The molecule has 8 heteroatoms. The highest BCUT2D eigenvalue weighted by Gasteiger charge is 2.57. The van der Waals surface area contributed by atoms with Crippen LogP contribution in [-0.4, -0.2) is 52.8 Å². The second-order valence-electron chi connectivity index (χ2n) is 8.26. The Morgan fingerprint density at radius 2 is 1.81 bits per heavy atom. The van der Waals surface area contributed by atoms with Gasteiger partial charge in [0.15, 0.2) is 0 Å². The van der Waals surface area contributed by atoms with E-state index in [2.05, 4.69) is 0 Å². The molecule has 4 atom stereocenters. The molecule has 0 bridgehead atoms. The van der Waals surface area contributed by atoms with E-state index in [0.717, 1.165) is 17.9 Å². The number of hydrogen-bond donors (Lipinski definition) is 3. The third-order valence-electron chi connectivity index (χ3n) is 5.83. The molecule has 4 rings (SSSR count). The number of halogens is 3. The molecule has 168 valence electrons. The summed E-state index contributed by atoms with van der Waals surface area (Å²) >= 11 is 6.34. The van der Waals surface area contributed by atoms with Gasteiger partial charge in [-0.25, -0.2) is 8.78 Å². The monoisotopic (exact) mass is 454 g/mol. The number of ether oxygens (including phenoxy) is 2. The Kier molecular flexibility index (Phi) is 6.51. The van der Waals surface area contributed by atoms with Crippen molar-refractivity contribution in [3.8, 4) is 5.75 Å². The minimum absolute atomic E-state index is 0.393. The van der Waals surface area contributed by atoms with E-state index in [4.69, 9.17) is 21.1 Å². The number of alkyl halides is 2. The van der Waals surface area contributed by atoms with Crippen molar-refractivity contribution in [2.75, 3.05) is 13.2 Å². The van der Waals surface area contributed by atoms with Crippen molar-refractivity contribution in [2.45, 2.75) is 49.6 Å². The molecule has 2 aliphatic rings. The van der Waals surface area contributed by atoms with Crippen LogP contribution in [0.15, 0.2) is 42.5 Å². The Morgan fingerprint density at radius 1 is 1.10 bits per heavy atom. The number of hydrogen-bond acceptors (Lipinski definition) is 5. The zero-order valence-electron chi connectivity index (χ0n) is 16.8. The highest BCUT2D eigenvalue weighted by Crippen LogP contribution is 2.41. The Morgan fingerprint density at radius 3 is 2.45 bits per heavy atom. The van der Waals surface area contributed by atoms with Gasteiger partial charge in [-0.05, 0) is 60.1 Å². The van der Waals surface area contributed by atoms with Gasteiger partial charge in [-0.3, -0.25) is 0 Å². The van der Waals surface area contributed by atoms with Crippen LogP contribution in [0.2, 0.25) is 5.02 Å². The molecular formula is C23H25ClF2O5. The summed E-state index contributed by atoms with van der Waals surface area (Å²) < 4.78 is 39.1. The van der Waals surface area contributed by atoms with Crippen LogP contribution in [0, 0.1) is 5.92 Å². The van der Waals surface area contributed by atoms with Crippen molar-refractivity contribution in [1.82, 2.24) is 0 Å². The quantitative estimate of drug-likeness (QED) is 0.596. The van der Waals surface area contributed by atoms with Gasteiger partial charge in [0.2, 0.25) is 0 Å². The van der Waals surface area contributed by atoms with Crippen LogP contribution in [0.4, 0.5) is 8.78 Å². The van der Waals surface area contributed by atoms with E-state index in [1.165, 1.54) is 12.8 Å². The molecule has 3 N–H and O–H groups in total. The minimum Gasteiger partial charge on any atom is -0.493 e. The van der Waals surface area contributed by atoms with Crippen molar-refractivity contribution in [3.05, 3.63) is 64.2 Å². The maximum atomic E-state index is 14.0. The van der Waals surface area contributed by atoms with Crippen LogP contribution in [0.1, 0.15) is 35.6 Å². The van der Waals surface area contributed by atoms with E-state index in [0.29, 0.717) is 28.5 Å². The molecule has 1 aliphatic heterocycles. The summed E-state index contributed by atoms with van der Waals surface area (Å²) in [6.45, 7) is -0.250. The molecular weight excluding hydrogens is 430 g/mol. The lowest BCUT2D eigenvalue weighted by Gasteiger charge is -2.42. The lowest BCUT2D eigenvalue weighted by atomic mass is 9.89. The van der Waals surface area contributed by atoms with E-state index in [-0.39, 0.29) is 0 Å². The number of benzene rings is 2. The predicted molar refractivity (Wildman–Crippen MR) is 111 cm³/mol. The second kappa shape index (κ2) is 9.00. The average molecular weight is 455 g/mol. The van der Waals surface area contributed by atoms with Gasteiger partial charge in [-0.15, -0.1) is 0 Å². The largest absolute Gasteiger partial charge is 0.493 e. The first-order valence-corrected chi connectivity index (χ1v) is 10.7. The molecule has 0 amide bonds. The lowest BCUT2D eigenvalue weighted by Crippen LogP contribution is -2.59. The molecule has 0 radical (unpaired) electrons. The van der Waals surface area contributed by atoms with Gasteiger partial charge in [-0.2, -0.15) is 0 Å². The Labute approximate surface area is 184 Å². The van der Waals surface area contributed by atoms with Crippen LogP contribution in [0.25, 0.3) is 0 Å². The standard InChI is InChI=1S/C23H25ClF2O5/c24-18-8-5-15(21-20(28)22(29)23(25,26)19(11-27)31-21)10-16(18)9-13-3-6-17(7-4-13)30-12-14-1-2-14/h3-8,10,14,19-22,27-29H,1-2,9,11-12H2. The van der Waals surface area contributed by atoms with E-state index >= 15 is 0 Å². The molecule has 2 aromatic carbocycles. The van der Waals surface area contributed by atoms with E-state index in [1.807, 2.05) is 24.3 Å².